The smallest absolute Gasteiger partial charge is 0.426 e. The number of rotatable bonds is 11. The van der Waals surface area contributed by atoms with Crippen LogP contribution in [-0.2, 0) is 19.2 Å². The Hall–Kier alpha value is -4.52. The Morgan fingerprint density at radius 2 is 1.14 bits per heavy atom. The van der Waals surface area contributed by atoms with Gasteiger partial charge in [-0.2, -0.15) is 8.78 Å². The molecule has 5 aromatic carbocycles. The Morgan fingerprint density at radius 3 is 1.70 bits per heavy atom. The van der Waals surface area contributed by atoms with Crippen LogP contribution in [0.5, 0.6) is 5.75 Å². The lowest BCUT2D eigenvalue weighted by molar-refractivity contribution is -0.185. The number of hydrogen-bond donors (Lipinski definition) is 0. The normalized spacial score (nSPS) is 11.5. The van der Waals surface area contributed by atoms with Crippen molar-refractivity contribution in [1.29, 1.82) is 0 Å². The highest BCUT2D eigenvalue weighted by atomic mass is 19.3. The first kappa shape index (κ1) is 30.9. The number of aryl methyl sites for hydroxylation is 1. The zero-order valence-electron chi connectivity index (χ0n) is 24.0. The minimum absolute atomic E-state index is 0.0438. The second-order valence-electron chi connectivity index (χ2n) is 10.6. The zero-order valence-corrected chi connectivity index (χ0v) is 24.0. The Bertz CT molecular complexity index is 1730. The van der Waals surface area contributed by atoms with Gasteiger partial charge in [0.05, 0.1) is 5.56 Å². The molecule has 0 atom stereocenters. The number of benzene rings is 5. The van der Waals surface area contributed by atoms with Crippen molar-refractivity contribution in [2.24, 2.45) is 0 Å². The fourth-order valence-electron chi connectivity index (χ4n) is 5.04. The average molecular weight is 605 g/mol. The Labute approximate surface area is 252 Å². The molecule has 0 unspecified atom stereocenters. The molecule has 0 heterocycles. The summed E-state index contributed by atoms with van der Waals surface area (Å²) in [6.07, 6.45) is 0.495. The Kier molecular flexibility index (Phi) is 9.43. The zero-order chi connectivity index (χ0) is 31.3. The van der Waals surface area contributed by atoms with E-state index in [2.05, 4.69) is 6.92 Å². The molecule has 0 aliphatic rings. The lowest BCUT2D eigenvalue weighted by Crippen LogP contribution is -2.21. The molecular formula is C37H30F6O. The third kappa shape index (κ3) is 6.99. The van der Waals surface area contributed by atoms with Gasteiger partial charge in [0.25, 0.3) is 0 Å². The second-order valence-corrected chi connectivity index (χ2v) is 10.6. The minimum atomic E-state index is -3.53. The van der Waals surface area contributed by atoms with Crippen LogP contribution in [0.3, 0.4) is 0 Å². The van der Waals surface area contributed by atoms with Crippen LogP contribution in [-0.4, -0.2) is 0 Å². The van der Waals surface area contributed by atoms with E-state index in [4.69, 9.17) is 4.74 Å². The molecule has 1 nitrogen and oxygen atoms in total. The van der Waals surface area contributed by atoms with Gasteiger partial charge in [0.2, 0.25) is 0 Å². The third-order valence-corrected chi connectivity index (χ3v) is 7.55. The van der Waals surface area contributed by atoms with Gasteiger partial charge in [0, 0.05) is 16.7 Å². The summed E-state index contributed by atoms with van der Waals surface area (Å²) >= 11 is 0. The summed E-state index contributed by atoms with van der Waals surface area (Å²) < 4.78 is 91.6. The molecule has 0 radical (unpaired) electrons. The number of unbranched alkanes of at least 4 members (excludes halogenated alkanes) is 2. The van der Waals surface area contributed by atoms with E-state index in [1.165, 1.54) is 60.7 Å². The van der Waals surface area contributed by atoms with Crippen molar-refractivity contribution in [1.82, 2.24) is 0 Å². The molecule has 0 saturated heterocycles. The Balaban J connectivity index is 1.28. The molecule has 0 aromatic heterocycles. The van der Waals surface area contributed by atoms with E-state index in [0.29, 0.717) is 11.1 Å². The van der Waals surface area contributed by atoms with Crippen molar-refractivity contribution in [2.75, 3.05) is 0 Å². The van der Waals surface area contributed by atoms with E-state index < -0.39 is 30.2 Å². The van der Waals surface area contributed by atoms with Crippen molar-refractivity contribution in [2.45, 2.75) is 45.4 Å². The number of halogens is 6. The summed E-state index contributed by atoms with van der Waals surface area (Å²) in [4.78, 5) is 0. The van der Waals surface area contributed by atoms with Crippen LogP contribution in [0, 0.1) is 17.5 Å². The quantitative estimate of drug-likeness (QED) is 0.108. The lowest BCUT2D eigenvalue weighted by atomic mass is 9.96. The maximum Gasteiger partial charge on any atom is 0.426 e. The SMILES string of the molecule is CCCCCc1ccc(C(F)(F)Oc2ccc(-c3ccc(-c4ccc(-c5ccc(CF)c(F)c5)c(F)c4)c(F)c3)cc2)cc1. The average Bonchev–Trinajstić information content (AvgIpc) is 3.01. The molecule has 5 rings (SSSR count). The van der Waals surface area contributed by atoms with Crippen LogP contribution in [0.1, 0.15) is 42.9 Å². The fourth-order valence-corrected chi connectivity index (χ4v) is 5.04. The first-order valence-electron chi connectivity index (χ1n) is 14.4. The van der Waals surface area contributed by atoms with Crippen LogP contribution in [0.4, 0.5) is 26.3 Å². The summed E-state index contributed by atoms with van der Waals surface area (Å²) in [6, 6.07) is 24.3. The van der Waals surface area contributed by atoms with Gasteiger partial charge in [-0.25, -0.2) is 17.6 Å². The van der Waals surface area contributed by atoms with Gasteiger partial charge in [-0.3, -0.25) is 0 Å². The Morgan fingerprint density at radius 1 is 0.591 bits per heavy atom. The highest BCUT2D eigenvalue weighted by molar-refractivity contribution is 5.74. The van der Waals surface area contributed by atoms with Crippen LogP contribution in [0.25, 0.3) is 33.4 Å². The van der Waals surface area contributed by atoms with Gasteiger partial charge in [-0.15, -0.1) is 0 Å². The van der Waals surface area contributed by atoms with Crippen molar-refractivity contribution < 1.29 is 31.1 Å². The topological polar surface area (TPSA) is 9.23 Å². The fraction of sp³-hybridized carbons (Fsp3) is 0.189. The molecule has 0 spiro atoms. The third-order valence-electron chi connectivity index (χ3n) is 7.55. The molecule has 0 bridgehead atoms. The summed E-state index contributed by atoms with van der Waals surface area (Å²) in [5.74, 6) is -2.12. The highest BCUT2D eigenvalue weighted by Gasteiger charge is 2.34. The van der Waals surface area contributed by atoms with Gasteiger partial charge in [-0.1, -0.05) is 80.4 Å². The maximum atomic E-state index is 15.2. The standard InChI is InChI=1S/C37H30F6O/c1-2-3-4-5-24-6-14-30(15-7-24)37(42,43)44-31-16-10-25(11-17-31)26-12-18-32(35(40)20-26)28-13-19-33(36(41)22-28)27-8-9-29(23-38)34(39)21-27/h6-22H,2-5,23H2,1H3. The number of ether oxygens (including phenoxy) is 1. The summed E-state index contributed by atoms with van der Waals surface area (Å²) in [5.41, 5.74) is 2.46. The van der Waals surface area contributed by atoms with E-state index in [9.17, 15) is 22.0 Å². The largest absolute Gasteiger partial charge is 0.429 e. The predicted octanol–water partition coefficient (Wildman–Crippen LogP) is 11.4. The molecular weight excluding hydrogens is 574 g/mol. The van der Waals surface area contributed by atoms with Crippen molar-refractivity contribution in [3.63, 3.8) is 0 Å². The molecule has 226 valence electrons. The molecule has 44 heavy (non-hydrogen) atoms. The van der Waals surface area contributed by atoms with Gasteiger partial charge < -0.3 is 4.74 Å². The second kappa shape index (κ2) is 13.4. The van der Waals surface area contributed by atoms with Crippen molar-refractivity contribution >= 4 is 0 Å². The van der Waals surface area contributed by atoms with E-state index in [-0.39, 0.29) is 39.1 Å². The van der Waals surface area contributed by atoms with Gasteiger partial charge in [0.15, 0.2) is 0 Å². The van der Waals surface area contributed by atoms with Crippen LogP contribution in [0.2, 0.25) is 0 Å². The lowest BCUT2D eigenvalue weighted by Gasteiger charge is -2.19. The molecule has 5 aromatic rings. The van der Waals surface area contributed by atoms with Crippen molar-refractivity contribution in [3.05, 3.63) is 137 Å². The summed E-state index contributed by atoms with van der Waals surface area (Å²) in [5, 5.41) is 0. The highest BCUT2D eigenvalue weighted by Crippen LogP contribution is 2.35. The summed E-state index contributed by atoms with van der Waals surface area (Å²) in [7, 11) is 0. The van der Waals surface area contributed by atoms with Crippen LogP contribution < -0.4 is 4.74 Å². The summed E-state index contributed by atoms with van der Waals surface area (Å²) in [6.45, 7) is 1.14. The molecule has 0 amide bonds. The van der Waals surface area contributed by atoms with Gasteiger partial charge >= 0.3 is 6.11 Å². The molecule has 0 aliphatic carbocycles. The van der Waals surface area contributed by atoms with Crippen LogP contribution in [0.15, 0.2) is 103 Å². The van der Waals surface area contributed by atoms with Gasteiger partial charge in [-0.05, 0) is 83.1 Å². The van der Waals surface area contributed by atoms with E-state index in [1.807, 2.05) is 0 Å². The molecule has 0 N–H and O–H groups in total. The maximum absolute atomic E-state index is 15.2. The minimum Gasteiger partial charge on any atom is -0.429 e. The van der Waals surface area contributed by atoms with Crippen LogP contribution >= 0.6 is 0 Å². The molecule has 7 heteroatoms. The van der Waals surface area contributed by atoms with Crippen molar-refractivity contribution in [3.8, 4) is 39.1 Å². The van der Waals surface area contributed by atoms with E-state index >= 15 is 4.39 Å². The molecule has 0 saturated carbocycles. The first-order chi connectivity index (χ1) is 21.2. The number of alkyl halides is 3. The first-order valence-corrected chi connectivity index (χ1v) is 14.4. The predicted molar refractivity (Wildman–Crippen MR) is 162 cm³/mol. The van der Waals surface area contributed by atoms with E-state index in [0.717, 1.165) is 43.4 Å². The van der Waals surface area contributed by atoms with Gasteiger partial charge in [0.1, 0.15) is 29.9 Å². The monoisotopic (exact) mass is 604 g/mol. The van der Waals surface area contributed by atoms with E-state index in [1.54, 1.807) is 30.3 Å². The molecule has 0 fully saturated rings. The molecule has 0 aliphatic heterocycles. The number of hydrogen-bond acceptors (Lipinski definition) is 1.